The third-order valence-corrected chi connectivity index (χ3v) is 6.97. The van der Waals surface area contributed by atoms with Crippen molar-refractivity contribution in [2.75, 3.05) is 11.9 Å². The lowest BCUT2D eigenvalue weighted by Crippen LogP contribution is -2.32. The standard InChI is InChI=1S/C34H29N3O7/c1-21-28(37-32(44-21)24-5-3-2-4-6-24)16-18-43-26-13-7-22(8-14-26)19-30(34(41)42)36-29-15-17-35-20-27(29)31(38)23-9-11-25(12-10-23)33(39)40/h2-15,17,20,30H,16,18-19H2,1H3,(H,35,36)(H,39,40)(H,41,42). The van der Waals surface area contributed by atoms with Crippen molar-refractivity contribution >= 4 is 23.4 Å². The van der Waals surface area contributed by atoms with Gasteiger partial charge in [-0.3, -0.25) is 9.78 Å². The zero-order valence-corrected chi connectivity index (χ0v) is 23.8. The number of oxazole rings is 1. The van der Waals surface area contributed by atoms with Crippen LogP contribution in [0.1, 0.15) is 43.3 Å². The fraction of sp³-hybridized carbons (Fsp3) is 0.147. The molecule has 3 N–H and O–H groups in total. The van der Waals surface area contributed by atoms with Crippen LogP contribution < -0.4 is 10.1 Å². The Bertz CT molecular complexity index is 1770. The van der Waals surface area contributed by atoms with Gasteiger partial charge in [0.25, 0.3) is 0 Å². The minimum absolute atomic E-state index is 0.0518. The summed E-state index contributed by atoms with van der Waals surface area (Å²) >= 11 is 0. The Morgan fingerprint density at radius 1 is 0.909 bits per heavy atom. The summed E-state index contributed by atoms with van der Waals surface area (Å²) in [7, 11) is 0. The molecule has 222 valence electrons. The highest BCUT2D eigenvalue weighted by Crippen LogP contribution is 2.23. The summed E-state index contributed by atoms with van der Waals surface area (Å²) in [5.41, 5.74) is 3.26. The van der Waals surface area contributed by atoms with Gasteiger partial charge in [0.2, 0.25) is 5.89 Å². The van der Waals surface area contributed by atoms with Gasteiger partial charge in [0.15, 0.2) is 5.78 Å². The third kappa shape index (κ3) is 7.16. The number of hydrogen-bond donors (Lipinski definition) is 3. The van der Waals surface area contributed by atoms with E-state index in [0.717, 1.165) is 22.6 Å². The van der Waals surface area contributed by atoms with Gasteiger partial charge in [0.05, 0.1) is 23.4 Å². The number of aliphatic carboxylic acids is 1. The smallest absolute Gasteiger partial charge is 0.335 e. The molecule has 2 aromatic heterocycles. The average Bonchev–Trinajstić information content (AvgIpc) is 3.42. The number of nitrogens with one attached hydrogen (secondary N) is 1. The first kappa shape index (κ1) is 29.7. The third-order valence-electron chi connectivity index (χ3n) is 6.97. The van der Waals surface area contributed by atoms with Crippen molar-refractivity contribution in [1.82, 2.24) is 9.97 Å². The summed E-state index contributed by atoms with van der Waals surface area (Å²) in [4.78, 5) is 45.1. The molecule has 44 heavy (non-hydrogen) atoms. The summed E-state index contributed by atoms with van der Waals surface area (Å²) < 4.78 is 11.7. The van der Waals surface area contributed by atoms with Crippen molar-refractivity contribution in [2.45, 2.75) is 25.8 Å². The molecule has 1 atom stereocenters. The molecule has 0 aliphatic carbocycles. The van der Waals surface area contributed by atoms with Crippen LogP contribution in [0.5, 0.6) is 5.75 Å². The SMILES string of the molecule is Cc1oc(-c2ccccc2)nc1CCOc1ccc(CC(Nc2ccncc2C(=O)c2ccc(C(=O)O)cc2)C(=O)O)cc1. The predicted molar refractivity (Wildman–Crippen MR) is 162 cm³/mol. The second-order valence-corrected chi connectivity index (χ2v) is 10.0. The second kappa shape index (κ2) is 13.5. The van der Waals surface area contributed by atoms with Crippen LogP contribution in [0.4, 0.5) is 5.69 Å². The van der Waals surface area contributed by atoms with E-state index in [1.807, 2.05) is 37.3 Å². The van der Waals surface area contributed by atoms with E-state index in [4.69, 9.17) is 14.3 Å². The van der Waals surface area contributed by atoms with Gasteiger partial charge in [-0.05, 0) is 55.0 Å². The van der Waals surface area contributed by atoms with Crippen LogP contribution in [-0.2, 0) is 17.6 Å². The highest BCUT2D eigenvalue weighted by atomic mass is 16.5. The highest BCUT2D eigenvalue weighted by molar-refractivity contribution is 6.12. The number of carboxylic acid groups (broad SMARTS) is 2. The molecule has 1 unspecified atom stereocenters. The molecular weight excluding hydrogens is 562 g/mol. The molecule has 0 aliphatic heterocycles. The van der Waals surface area contributed by atoms with Gasteiger partial charge in [0.1, 0.15) is 17.6 Å². The maximum Gasteiger partial charge on any atom is 0.335 e. The quantitative estimate of drug-likeness (QED) is 0.145. The number of ketones is 1. The second-order valence-electron chi connectivity index (χ2n) is 10.0. The number of nitrogens with zero attached hydrogens (tertiary/aromatic N) is 2. The van der Waals surface area contributed by atoms with E-state index >= 15 is 0 Å². The number of rotatable bonds is 13. The molecule has 0 amide bonds. The van der Waals surface area contributed by atoms with Crippen LogP contribution in [0.2, 0.25) is 0 Å². The normalized spacial score (nSPS) is 11.5. The first-order valence-electron chi connectivity index (χ1n) is 13.8. The molecule has 0 bridgehead atoms. The van der Waals surface area contributed by atoms with Crippen LogP contribution in [-0.4, -0.2) is 50.6 Å². The van der Waals surface area contributed by atoms with E-state index in [-0.39, 0.29) is 23.1 Å². The van der Waals surface area contributed by atoms with E-state index in [9.17, 15) is 19.5 Å². The molecule has 2 heterocycles. The fourth-order valence-electron chi connectivity index (χ4n) is 4.60. The minimum Gasteiger partial charge on any atom is -0.493 e. The lowest BCUT2D eigenvalue weighted by atomic mass is 10.0. The number of carbonyl (C=O) groups is 3. The number of aromatic nitrogens is 2. The van der Waals surface area contributed by atoms with E-state index < -0.39 is 23.8 Å². The topological polar surface area (TPSA) is 152 Å². The van der Waals surface area contributed by atoms with E-state index in [0.29, 0.717) is 30.4 Å². The van der Waals surface area contributed by atoms with Crippen molar-refractivity contribution < 1.29 is 33.8 Å². The lowest BCUT2D eigenvalue weighted by molar-refractivity contribution is -0.137. The monoisotopic (exact) mass is 591 g/mol. The van der Waals surface area contributed by atoms with Gasteiger partial charge in [-0.1, -0.05) is 42.5 Å². The van der Waals surface area contributed by atoms with Gasteiger partial charge >= 0.3 is 11.9 Å². The van der Waals surface area contributed by atoms with Crippen molar-refractivity contribution in [1.29, 1.82) is 0 Å². The van der Waals surface area contributed by atoms with Crippen LogP contribution in [0.3, 0.4) is 0 Å². The van der Waals surface area contributed by atoms with E-state index in [2.05, 4.69) is 15.3 Å². The summed E-state index contributed by atoms with van der Waals surface area (Å²) in [5, 5.41) is 22.0. The molecule has 0 saturated heterocycles. The zero-order valence-electron chi connectivity index (χ0n) is 23.8. The van der Waals surface area contributed by atoms with Crippen LogP contribution in [0, 0.1) is 6.92 Å². The van der Waals surface area contributed by atoms with Gasteiger partial charge in [-0.15, -0.1) is 0 Å². The molecule has 0 spiro atoms. The van der Waals surface area contributed by atoms with Crippen molar-refractivity contribution in [3.8, 4) is 17.2 Å². The Balaban J connectivity index is 1.20. The number of anilines is 1. The Labute approximate surface area is 253 Å². The zero-order chi connectivity index (χ0) is 31.1. The van der Waals surface area contributed by atoms with Crippen LogP contribution in [0.25, 0.3) is 11.5 Å². The molecular formula is C34H29N3O7. The summed E-state index contributed by atoms with van der Waals surface area (Å²) in [6.07, 6.45) is 3.51. The van der Waals surface area contributed by atoms with E-state index in [1.165, 1.54) is 42.7 Å². The number of benzene rings is 3. The molecule has 3 aromatic carbocycles. The largest absolute Gasteiger partial charge is 0.493 e. The van der Waals surface area contributed by atoms with Crippen molar-refractivity contribution in [2.24, 2.45) is 0 Å². The highest BCUT2D eigenvalue weighted by Gasteiger charge is 2.22. The number of carboxylic acids is 2. The first-order valence-corrected chi connectivity index (χ1v) is 13.8. The summed E-state index contributed by atoms with van der Waals surface area (Å²) in [6.45, 7) is 2.26. The molecule has 0 saturated carbocycles. The van der Waals surface area contributed by atoms with Crippen molar-refractivity contribution in [3.63, 3.8) is 0 Å². The minimum atomic E-state index is -1.10. The van der Waals surface area contributed by atoms with Gasteiger partial charge in [-0.25, -0.2) is 14.6 Å². The lowest BCUT2D eigenvalue weighted by Gasteiger charge is -2.18. The Morgan fingerprint density at radius 3 is 2.30 bits per heavy atom. The fourth-order valence-corrected chi connectivity index (χ4v) is 4.60. The number of aromatic carboxylic acids is 1. The molecule has 0 fully saturated rings. The summed E-state index contributed by atoms with van der Waals surface area (Å²) in [6, 6.07) is 22.8. The number of carbonyl (C=O) groups excluding carboxylic acids is 1. The molecule has 5 aromatic rings. The number of hydrogen-bond acceptors (Lipinski definition) is 8. The van der Waals surface area contributed by atoms with Gasteiger partial charge in [-0.2, -0.15) is 0 Å². The average molecular weight is 592 g/mol. The maximum absolute atomic E-state index is 13.2. The van der Waals surface area contributed by atoms with Gasteiger partial charge in [0, 0.05) is 42.0 Å². The molecule has 0 aliphatic rings. The van der Waals surface area contributed by atoms with Crippen LogP contribution >= 0.6 is 0 Å². The predicted octanol–water partition coefficient (Wildman–Crippen LogP) is 5.70. The molecule has 10 heteroatoms. The number of ether oxygens (including phenoxy) is 1. The molecule has 10 nitrogen and oxygen atoms in total. The Morgan fingerprint density at radius 2 is 1.61 bits per heavy atom. The summed E-state index contributed by atoms with van der Waals surface area (Å²) in [5.74, 6) is -0.666. The first-order chi connectivity index (χ1) is 21.3. The van der Waals surface area contributed by atoms with Crippen LogP contribution in [0.15, 0.2) is 102 Å². The molecule has 0 radical (unpaired) electrons. The molecule has 5 rings (SSSR count). The number of aryl methyl sites for hydroxylation is 1. The Kier molecular flexibility index (Phi) is 9.10. The van der Waals surface area contributed by atoms with E-state index in [1.54, 1.807) is 24.3 Å². The number of pyridine rings is 1. The Hall–Kier alpha value is -5.77. The maximum atomic E-state index is 13.2. The van der Waals surface area contributed by atoms with Crippen molar-refractivity contribution in [3.05, 3.63) is 131 Å². The van der Waals surface area contributed by atoms with Gasteiger partial charge < -0.3 is 24.7 Å².